The van der Waals surface area contributed by atoms with Crippen molar-refractivity contribution >= 4 is 23.5 Å². The van der Waals surface area contributed by atoms with Crippen molar-refractivity contribution in [1.82, 2.24) is 0 Å². The summed E-state index contributed by atoms with van der Waals surface area (Å²) in [6.07, 6.45) is -0.172. The second kappa shape index (κ2) is 5.81. The van der Waals surface area contributed by atoms with Crippen molar-refractivity contribution in [1.29, 1.82) is 0 Å². The van der Waals surface area contributed by atoms with Crippen LogP contribution in [0.4, 0.5) is 0 Å². The number of aliphatic carboxylic acids is 1. The third-order valence-electron chi connectivity index (χ3n) is 2.54. The second-order valence-electron chi connectivity index (χ2n) is 5.58. The van der Waals surface area contributed by atoms with Gasteiger partial charge in [0.25, 0.3) is 0 Å². The van der Waals surface area contributed by atoms with E-state index in [1.165, 1.54) is 0 Å². The standard InChI is InChI=1S/C14H18ClNO4/c1-13(2,3)20-12(19)14(16,11(17)18)8-9-4-6-10(15)7-5-9/h4-7H,8,16H2,1-3H3,(H,17,18)/t14-/m1/s1. The molecule has 0 saturated heterocycles. The van der Waals surface area contributed by atoms with Crippen molar-refractivity contribution in [2.45, 2.75) is 38.3 Å². The minimum Gasteiger partial charge on any atom is -0.479 e. The summed E-state index contributed by atoms with van der Waals surface area (Å²) in [5, 5.41) is 9.78. The van der Waals surface area contributed by atoms with Crippen LogP contribution in [0.1, 0.15) is 26.3 Å². The summed E-state index contributed by atoms with van der Waals surface area (Å²) in [4.78, 5) is 23.4. The van der Waals surface area contributed by atoms with Gasteiger partial charge < -0.3 is 15.6 Å². The molecule has 0 bridgehead atoms. The van der Waals surface area contributed by atoms with Crippen LogP contribution in [0.25, 0.3) is 0 Å². The van der Waals surface area contributed by atoms with E-state index in [1.54, 1.807) is 45.0 Å². The maximum Gasteiger partial charge on any atom is 0.338 e. The van der Waals surface area contributed by atoms with E-state index in [1.807, 2.05) is 0 Å². The first kappa shape index (κ1) is 16.5. The normalized spacial score (nSPS) is 14.4. The molecule has 0 aliphatic heterocycles. The summed E-state index contributed by atoms with van der Waals surface area (Å²) in [6.45, 7) is 4.94. The molecule has 1 aromatic carbocycles. The molecule has 110 valence electrons. The molecule has 0 saturated carbocycles. The van der Waals surface area contributed by atoms with Crippen LogP contribution in [0, 0.1) is 0 Å². The van der Waals surface area contributed by atoms with E-state index < -0.39 is 23.1 Å². The lowest BCUT2D eigenvalue weighted by molar-refractivity contribution is -0.169. The number of hydrogen-bond donors (Lipinski definition) is 2. The number of carboxylic acid groups (broad SMARTS) is 1. The van der Waals surface area contributed by atoms with Crippen molar-refractivity contribution in [3.05, 3.63) is 34.9 Å². The average molecular weight is 300 g/mol. The molecule has 5 nitrogen and oxygen atoms in total. The molecule has 6 heteroatoms. The van der Waals surface area contributed by atoms with Crippen LogP contribution >= 0.6 is 11.6 Å². The number of esters is 1. The van der Waals surface area contributed by atoms with Gasteiger partial charge in [0.15, 0.2) is 0 Å². The molecule has 0 spiro atoms. The highest BCUT2D eigenvalue weighted by atomic mass is 35.5. The molecule has 0 radical (unpaired) electrons. The minimum atomic E-state index is -2.12. The van der Waals surface area contributed by atoms with Crippen LogP contribution < -0.4 is 5.73 Å². The lowest BCUT2D eigenvalue weighted by atomic mass is 9.91. The van der Waals surface area contributed by atoms with E-state index in [0.717, 1.165) is 0 Å². The first-order valence-electron chi connectivity index (χ1n) is 6.05. The summed E-state index contributed by atoms with van der Waals surface area (Å²) in [5.74, 6) is -2.39. The van der Waals surface area contributed by atoms with Gasteiger partial charge in [-0.3, -0.25) is 0 Å². The van der Waals surface area contributed by atoms with Gasteiger partial charge in [-0.1, -0.05) is 23.7 Å². The van der Waals surface area contributed by atoms with Crippen molar-refractivity contribution < 1.29 is 19.4 Å². The van der Waals surface area contributed by atoms with Crippen LogP contribution in [0.15, 0.2) is 24.3 Å². The zero-order valence-electron chi connectivity index (χ0n) is 11.6. The molecule has 20 heavy (non-hydrogen) atoms. The smallest absolute Gasteiger partial charge is 0.338 e. The van der Waals surface area contributed by atoms with E-state index in [4.69, 9.17) is 22.1 Å². The van der Waals surface area contributed by atoms with Crippen LogP contribution in [-0.2, 0) is 20.7 Å². The largest absolute Gasteiger partial charge is 0.479 e. The number of rotatable bonds is 4. The number of ether oxygens (including phenoxy) is 1. The number of carboxylic acids is 1. The molecular weight excluding hydrogens is 282 g/mol. The van der Waals surface area contributed by atoms with Gasteiger partial charge in [-0.15, -0.1) is 0 Å². The first-order chi connectivity index (χ1) is 9.04. The Morgan fingerprint density at radius 2 is 1.75 bits per heavy atom. The average Bonchev–Trinajstić information content (AvgIpc) is 2.29. The Morgan fingerprint density at radius 1 is 1.25 bits per heavy atom. The molecule has 1 atom stereocenters. The molecule has 3 N–H and O–H groups in total. The van der Waals surface area contributed by atoms with Gasteiger partial charge in [0.2, 0.25) is 5.54 Å². The van der Waals surface area contributed by atoms with Gasteiger partial charge in [-0.2, -0.15) is 0 Å². The Bertz CT molecular complexity index is 507. The molecule has 0 unspecified atom stereocenters. The Balaban J connectivity index is 3.00. The highest BCUT2D eigenvalue weighted by molar-refractivity contribution is 6.30. The SMILES string of the molecule is CC(C)(C)OC(=O)[C@@](N)(Cc1ccc(Cl)cc1)C(=O)O. The molecule has 0 heterocycles. The van der Waals surface area contributed by atoms with Crippen LogP contribution in [0.3, 0.4) is 0 Å². The van der Waals surface area contributed by atoms with Crippen LogP contribution in [0.5, 0.6) is 0 Å². The highest BCUT2D eigenvalue weighted by Crippen LogP contribution is 2.19. The van der Waals surface area contributed by atoms with E-state index in [2.05, 4.69) is 0 Å². The van der Waals surface area contributed by atoms with Crippen molar-refractivity contribution in [3.8, 4) is 0 Å². The van der Waals surface area contributed by atoms with E-state index in [-0.39, 0.29) is 6.42 Å². The second-order valence-corrected chi connectivity index (χ2v) is 6.02. The molecule has 0 amide bonds. The summed E-state index contributed by atoms with van der Waals surface area (Å²) in [7, 11) is 0. The predicted molar refractivity (Wildman–Crippen MR) is 75.6 cm³/mol. The number of hydrogen-bond acceptors (Lipinski definition) is 4. The van der Waals surface area contributed by atoms with Gasteiger partial charge in [-0.05, 0) is 38.5 Å². The number of carbonyl (C=O) groups is 2. The van der Waals surface area contributed by atoms with Gasteiger partial charge in [0.05, 0.1) is 0 Å². The Labute approximate surface area is 122 Å². The van der Waals surface area contributed by atoms with Crippen molar-refractivity contribution in [2.24, 2.45) is 5.73 Å². The molecule has 0 fully saturated rings. The number of nitrogens with two attached hydrogens (primary N) is 1. The Hall–Kier alpha value is -1.59. The molecule has 1 aromatic rings. The zero-order chi connectivity index (χ0) is 15.6. The van der Waals surface area contributed by atoms with Crippen molar-refractivity contribution in [3.63, 3.8) is 0 Å². The summed E-state index contributed by atoms with van der Waals surface area (Å²) >= 11 is 5.76. The predicted octanol–water partition coefficient (Wildman–Crippen LogP) is 2.01. The maximum absolute atomic E-state index is 12.0. The highest BCUT2D eigenvalue weighted by Gasteiger charge is 2.45. The fraction of sp³-hybridized carbons (Fsp3) is 0.429. The summed E-state index contributed by atoms with van der Waals surface area (Å²) in [6, 6.07) is 6.46. The zero-order valence-corrected chi connectivity index (χ0v) is 12.4. The maximum atomic E-state index is 12.0. The third kappa shape index (κ3) is 4.21. The van der Waals surface area contributed by atoms with Gasteiger partial charge in [0, 0.05) is 11.4 Å². The molecule has 0 aromatic heterocycles. The van der Waals surface area contributed by atoms with E-state index in [9.17, 15) is 14.7 Å². The van der Waals surface area contributed by atoms with E-state index in [0.29, 0.717) is 10.6 Å². The van der Waals surface area contributed by atoms with Gasteiger partial charge >= 0.3 is 11.9 Å². The lowest BCUT2D eigenvalue weighted by Crippen LogP contribution is -2.58. The number of benzene rings is 1. The number of carbonyl (C=O) groups excluding carboxylic acids is 1. The van der Waals surface area contributed by atoms with Crippen molar-refractivity contribution in [2.75, 3.05) is 0 Å². The molecule has 0 aliphatic carbocycles. The van der Waals surface area contributed by atoms with Gasteiger partial charge in [0.1, 0.15) is 5.60 Å². The fourth-order valence-corrected chi connectivity index (χ4v) is 1.65. The fourth-order valence-electron chi connectivity index (χ4n) is 1.53. The molecular formula is C14H18ClNO4. The summed E-state index contributed by atoms with van der Waals surface area (Å²) < 4.78 is 5.09. The lowest BCUT2D eigenvalue weighted by Gasteiger charge is -2.28. The Kier molecular flexibility index (Phi) is 4.78. The Morgan fingerprint density at radius 3 is 2.15 bits per heavy atom. The topological polar surface area (TPSA) is 89.6 Å². The first-order valence-corrected chi connectivity index (χ1v) is 6.42. The van der Waals surface area contributed by atoms with Crippen LogP contribution in [0.2, 0.25) is 5.02 Å². The van der Waals surface area contributed by atoms with Crippen LogP contribution in [-0.4, -0.2) is 28.2 Å². The minimum absolute atomic E-state index is 0.172. The molecule has 0 aliphatic rings. The number of halogens is 1. The summed E-state index contributed by atoms with van der Waals surface area (Å²) in [5.41, 5.74) is 3.41. The quantitative estimate of drug-likeness (QED) is 0.655. The monoisotopic (exact) mass is 299 g/mol. The molecule has 1 rings (SSSR count). The third-order valence-corrected chi connectivity index (χ3v) is 2.79. The van der Waals surface area contributed by atoms with E-state index >= 15 is 0 Å². The van der Waals surface area contributed by atoms with Gasteiger partial charge in [-0.25, -0.2) is 9.59 Å².